The van der Waals surface area contributed by atoms with E-state index in [1.54, 1.807) is 35.0 Å². The van der Waals surface area contributed by atoms with Crippen molar-refractivity contribution in [3.05, 3.63) is 0 Å². The molecule has 0 spiro atoms. The summed E-state index contributed by atoms with van der Waals surface area (Å²) in [4.78, 5) is 0. The van der Waals surface area contributed by atoms with Crippen LogP contribution in [0.25, 0.3) is 0 Å². The van der Waals surface area contributed by atoms with Crippen LogP contribution in [-0.4, -0.2) is 24.9 Å². The number of ether oxygens (including phenoxy) is 1. The molecule has 0 atom stereocenters. The van der Waals surface area contributed by atoms with Crippen molar-refractivity contribution in [2.75, 3.05) is 14.2 Å². The Balaban J connectivity index is 0. The third-order valence-corrected chi connectivity index (χ3v) is 0. The minimum Gasteiger partial charge on any atom is -0.391 e. The lowest BCUT2D eigenvalue weighted by Crippen LogP contribution is -2.10. The van der Waals surface area contributed by atoms with Crippen molar-refractivity contribution in [1.82, 2.24) is 0 Å². The first-order chi connectivity index (χ1) is 3.41. The van der Waals surface area contributed by atoms with E-state index in [0.717, 1.165) is 0 Å². The van der Waals surface area contributed by atoms with E-state index >= 15 is 0 Å². The summed E-state index contributed by atoms with van der Waals surface area (Å²) < 4.78 is 4.25. The van der Waals surface area contributed by atoms with Crippen LogP contribution in [0.1, 0.15) is 20.8 Å². The molecule has 1 N–H and O–H groups in total. The predicted molar refractivity (Wildman–Crippen MR) is 34.9 cm³/mol. The molecule has 0 aliphatic rings. The zero-order chi connectivity index (χ0) is 7.21. The molecule has 2 heteroatoms. The number of methoxy groups -OCH3 is 1. The van der Waals surface area contributed by atoms with Gasteiger partial charge in [0, 0.05) is 14.2 Å². The van der Waals surface area contributed by atoms with Gasteiger partial charge in [-0.25, -0.2) is 0 Å². The Bertz CT molecular complexity index is 30.3. The third kappa shape index (κ3) is 22400. The first-order valence-electron chi connectivity index (χ1n) is 2.54. The van der Waals surface area contributed by atoms with Gasteiger partial charge in [-0.15, -0.1) is 0 Å². The largest absolute Gasteiger partial charge is 0.391 e. The van der Waals surface area contributed by atoms with E-state index in [0.29, 0.717) is 0 Å². The lowest BCUT2D eigenvalue weighted by Gasteiger charge is -2.04. The van der Waals surface area contributed by atoms with Gasteiger partial charge in [-0.2, -0.15) is 0 Å². The predicted octanol–water partition coefficient (Wildman–Crippen LogP) is 1.04. The van der Waals surface area contributed by atoms with Gasteiger partial charge >= 0.3 is 0 Å². The Morgan fingerprint density at radius 1 is 1.12 bits per heavy atom. The smallest absolute Gasteiger partial charge is 0.0563 e. The van der Waals surface area contributed by atoms with E-state index in [2.05, 4.69) is 4.74 Å². The molecule has 0 saturated carbocycles. The fraction of sp³-hybridized carbons (Fsp3) is 1.00. The van der Waals surface area contributed by atoms with E-state index in [9.17, 15) is 0 Å². The molecule has 0 heterocycles. The van der Waals surface area contributed by atoms with Crippen molar-refractivity contribution in [3.8, 4) is 0 Å². The molecule has 8 heavy (non-hydrogen) atoms. The number of aliphatic hydroxyl groups is 1. The fourth-order valence-corrected chi connectivity index (χ4v) is 0. The average Bonchev–Trinajstić information content (AvgIpc) is 1.27. The molecule has 52 valence electrons. The highest BCUT2D eigenvalue weighted by Crippen LogP contribution is 1.93. The van der Waals surface area contributed by atoms with E-state index in [1.807, 2.05) is 0 Å². The molecule has 0 bridgehead atoms. The minimum absolute atomic E-state index is 0.500. The number of rotatable bonds is 0. The van der Waals surface area contributed by atoms with E-state index in [4.69, 9.17) is 5.11 Å². The SMILES string of the molecule is CC(C)(C)O.COC. The Kier molecular flexibility index (Phi) is 6.85. The highest BCUT2D eigenvalue weighted by atomic mass is 16.4. The minimum atomic E-state index is -0.500. The van der Waals surface area contributed by atoms with E-state index in [-0.39, 0.29) is 0 Å². The van der Waals surface area contributed by atoms with Crippen LogP contribution in [-0.2, 0) is 4.74 Å². The number of hydrogen-bond acceptors (Lipinski definition) is 2. The van der Waals surface area contributed by atoms with Gasteiger partial charge in [0.1, 0.15) is 0 Å². The topological polar surface area (TPSA) is 29.5 Å². The standard InChI is InChI=1S/C4H10O.C2H6O/c1-4(2,3)5;1-3-2/h5H,1-3H3;1-2H3. The zero-order valence-corrected chi connectivity index (χ0v) is 6.36. The lowest BCUT2D eigenvalue weighted by atomic mass is 10.2. The summed E-state index contributed by atoms with van der Waals surface area (Å²) in [6, 6.07) is 0. The molecule has 0 aromatic rings. The van der Waals surface area contributed by atoms with Crippen molar-refractivity contribution in [2.24, 2.45) is 0 Å². The van der Waals surface area contributed by atoms with Gasteiger partial charge in [-0.1, -0.05) is 0 Å². The van der Waals surface area contributed by atoms with Crippen LogP contribution >= 0.6 is 0 Å². The van der Waals surface area contributed by atoms with Crippen LogP contribution < -0.4 is 0 Å². The maximum absolute atomic E-state index is 8.52. The van der Waals surface area contributed by atoms with Gasteiger partial charge in [-0.05, 0) is 20.8 Å². The molecular weight excluding hydrogens is 104 g/mol. The molecule has 0 amide bonds. The second-order valence-corrected chi connectivity index (χ2v) is 2.58. The molecule has 0 saturated heterocycles. The molecule has 0 aliphatic carbocycles. The summed E-state index contributed by atoms with van der Waals surface area (Å²) in [5.41, 5.74) is -0.500. The molecule has 0 aromatic heterocycles. The Morgan fingerprint density at radius 2 is 1.12 bits per heavy atom. The summed E-state index contributed by atoms with van der Waals surface area (Å²) in [6.45, 7) is 5.23. The van der Waals surface area contributed by atoms with Crippen LogP contribution in [0, 0.1) is 0 Å². The van der Waals surface area contributed by atoms with E-state index < -0.39 is 5.60 Å². The van der Waals surface area contributed by atoms with Crippen molar-refractivity contribution in [1.29, 1.82) is 0 Å². The molecule has 0 rings (SSSR count). The van der Waals surface area contributed by atoms with Gasteiger partial charge in [0.2, 0.25) is 0 Å². The Hall–Kier alpha value is -0.0800. The summed E-state index contributed by atoms with van der Waals surface area (Å²) in [5.74, 6) is 0. The molecule has 0 aliphatic heterocycles. The molecule has 2 nitrogen and oxygen atoms in total. The second kappa shape index (κ2) is 5.06. The first kappa shape index (κ1) is 10.8. The average molecular weight is 120 g/mol. The monoisotopic (exact) mass is 120 g/mol. The third-order valence-electron chi connectivity index (χ3n) is 0. The quantitative estimate of drug-likeness (QED) is 0.517. The summed E-state index contributed by atoms with van der Waals surface area (Å²) in [5, 5.41) is 8.52. The van der Waals surface area contributed by atoms with Gasteiger partial charge in [0.25, 0.3) is 0 Å². The normalized spacial score (nSPS) is 9.75. The lowest BCUT2D eigenvalue weighted by molar-refractivity contribution is 0.102. The van der Waals surface area contributed by atoms with Gasteiger partial charge in [0.05, 0.1) is 5.60 Å². The maximum Gasteiger partial charge on any atom is 0.0563 e. The number of hydrogen-bond donors (Lipinski definition) is 1. The van der Waals surface area contributed by atoms with Crippen LogP contribution in [0.3, 0.4) is 0 Å². The van der Waals surface area contributed by atoms with Crippen molar-refractivity contribution >= 4 is 0 Å². The van der Waals surface area contributed by atoms with Crippen LogP contribution in [0.15, 0.2) is 0 Å². The fourth-order valence-electron chi connectivity index (χ4n) is 0. The van der Waals surface area contributed by atoms with Crippen molar-refractivity contribution in [3.63, 3.8) is 0 Å². The second-order valence-electron chi connectivity index (χ2n) is 2.58. The van der Waals surface area contributed by atoms with Gasteiger partial charge in [-0.3, -0.25) is 0 Å². The highest BCUT2D eigenvalue weighted by molar-refractivity contribution is 4.50. The molecular formula is C6H16O2. The molecule has 0 fully saturated rings. The molecule has 0 radical (unpaired) electrons. The van der Waals surface area contributed by atoms with Crippen molar-refractivity contribution < 1.29 is 9.84 Å². The summed E-state index contributed by atoms with van der Waals surface area (Å²) in [6.07, 6.45) is 0. The Labute approximate surface area is 51.5 Å². The van der Waals surface area contributed by atoms with E-state index in [1.165, 1.54) is 0 Å². The highest BCUT2D eigenvalue weighted by Gasteiger charge is 1.97. The van der Waals surface area contributed by atoms with Gasteiger partial charge in [0.15, 0.2) is 0 Å². The molecule has 0 aromatic carbocycles. The van der Waals surface area contributed by atoms with Crippen LogP contribution in [0.5, 0.6) is 0 Å². The van der Waals surface area contributed by atoms with Crippen molar-refractivity contribution in [2.45, 2.75) is 26.4 Å². The van der Waals surface area contributed by atoms with Crippen LogP contribution in [0.4, 0.5) is 0 Å². The zero-order valence-electron chi connectivity index (χ0n) is 6.36. The Morgan fingerprint density at radius 3 is 1.12 bits per heavy atom. The molecule has 0 unspecified atom stereocenters. The maximum atomic E-state index is 8.52. The van der Waals surface area contributed by atoms with Gasteiger partial charge < -0.3 is 9.84 Å². The summed E-state index contributed by atoms with van der Waals surface area (Å²) >= 11 is 0. The van der Waals surface area contributed by atoms with Crippen LogP contribution in [0.2, 0.25) is 0 Å². The summed E-state index contributed by atoms with van der Waals surface area (Å²) in [7, 11) is 3.25. The first-order valence-corrected chi connectivity index (χ1v) is 2.54.